The Morgan fingerprint density at radius 3 is 2.56 bits per heavy atom. The average molecular weight is 256 g/mol. The van der Waals surface area contributed by atoms with Gasteiger partial charge in [-0.1, -0.05) is 6.92 Å². The standard InChI is InChI=1S/C13H24N2O3/c1-9(11-6-7-11)8-14-13(18)15-10(2)4-3-5-12(16)17/h9-11H,3-8H2,1-2H3,(H,16,17)(H2,14,15,18). The first-order valence-electron chi connectivity index (χ1n) is 6.75. The molecule has 0 aromatic heterocycles. The van der Waals surface area contributed by atoms with E-state index in [1.165, 1.54) is 12.8 Å². The van der Waals surface area contributed by atoms with Crippen LogP contribution in [-0.2, 0) is 4.79 Å². The van der Waals surface area contributed by atoms with Crippen molar-refractivity contribution in [3.63, 3.8) is 0 Å². The molecule has 0 aromatic carbocycles. The van der Waals surface area contributed by atoms with E-state index in [1.807, 2.05) is 6.92 Å². The minimum atomic E-state index is -0.787. The van der Waals surface area contributed by atoms with Gasteiger partial charge in [0, 0.05) is 19.0 Å². The van der Waals surface area contributed by atoms with Crippen molar-refractivity contribution in [1.29, 1.82) is 0 Å². The van der Waals surface area contributed by atoms with Gasteiger partial charge in [0.15, 0.2) is 0 Å². The third kappa shape index (κ3) is 6.47. The van der Waals surface area contributed by atoms with Crippen molar-refractivity contribution in [1.82, 2.24) is 10.6 Å². The van der Waals surface area contributed by atoms with Crippen LogP contribution in [-0.4, -0.2) is 29.7 Å². The molecule has 1 saturated carbocycles. The monoisotopic (exact) mass is 256 g/mol. The van der Waals surface area contributed by atoms with E-state index in [9.17, 15) is 9.59 Å². The maximum atomic E-state index is 11.6. The van der Waals surface area contributed by atoms with Crippen LogP contribution < -0.4 is 10.6 Å². The molecule has 104 valence electrons. The summed E-state index contributed by atoms with van der Waals surface area (Å²) in [6.07, 6.45) is 4.02. The molecule has 1 aliphatic carbocycles. The summed E-state index contributed by atoms with van der Waals surface area (Å²) in [7, 11) is 0. The number of carboxylic acids is 1. The summed E-state index contributed by atoms with van der Waals surface area (Å²) in [5, 5.41) is 14.2. The first-order valence-corrected chi connectivity index (χ1v) is 6.75. The Labute approximate surface area is 108 Å². The molecular formula is C13H24N2O3. The zero-order valence-corrected chi connectivity index (χ0v) is 11.2. The molecule has 3 N–H and O–H groups in total. The lowest BCUT2D eigenvalue weighted by molar-refractivity contribution is -0.137. The first kappa shape index (κ1) is 14.8. The lowest BCUT2D eigenvalue weighted by Gasteiger charge is -2.16. The number of carbonyl (C=O) groups is 2. The molecule has 18 heavy (non-hydrogen) atoms. The van der Waals surface area contributed by atoms with Crippen LogP contribution in [0.2, 0.25) is 0 Å². The zero-order valence-electron chi connectivity index (χ0n) is 11.2. The van der Waals surface area contributed by atoms with Crippen LogP contribution in [0.25, 0.3) is 0 Å². The molecule has 1 fully saturated rings. The van der Waals surface area contributed by atoms with Crippen molar-refractivity contribution in [3.8, 4) is 0 Å². The van der Waals surface area contributed by atoms with Gasteiger partial charge in [0.05, 0.1) is 0 Å². The zero-order chi connectivity index (χ0) is 13.5. The number of hydrogen-bond donors (Lipinski definition) is 3. The molecule has 0 bridgehead atoms. The molecule has 0 heterocycles. The third-order valence-electron chi connectivity index (χ3n) is 3.42. The quantitative estimate of drug-likeness (QED) is 0.621. The van der Waals surface area contributed by atoms with Gasteiger partial charge in [0.2, 0.25) is 0 Å². The predicted molar refractivity (Wildman–Crippen MR) is 69.4 cm³/mol. The van der Waals surface area contributed by atoms with Gasteiger partial charge in [-0.05, 0) is 44.4 Å². The maximum absolute atomic E-state index is 11.6. The van der Waals surface area contributed by atoms with E-state index < -0.39 is 5.97 Å². The van der Waals surface area contributed by atoms with Crippen LogP contribution in [0.1, 0.15) is 46.0 Å². The second-order valence-electron chi connectivity index (χ2n) is 5.36. The number of rotatable bonds is 8. The lowest BCUT2D eigenvalue weighted by atomic mass is 10.1. The Kier molecular flexibility index (Phi) is 5.95. The van der Waals surface area contributed by atoms with Gasteiger partial charge in [-0.25, -0.2) is 4.79 Å². The van der Waals surface area contributed by atoms with Crippen molar-refractivity contribution in [2.45, 2.75) is 52.0 Å². The van der Waals surface area contributed by atoms with Crippen molar-refractivity contribution in [2.75, 3.05) is 6.54 Å². The number of urea groups is 1. The number of amides is 2. The van der Waals surface area contributed by atoms with Gasteiger partial charge < -0.3 is 15.7 Å². The summed E-state index contributed by atoms with van der Waals surface area (Å²) in [4.78, 5) is 21.9. The van der Waals surface area contributed by atoms with Crippen LogP contribution in [0, 0.1) is 11.8 Å². The molecular weight excluding hydrogens is 232 g/mol. The van der Waals surface area contributed by atoms with Crippen molar-refractivity contribution in [3.05, 3.63) is 0 Å². The smallest absolute Gasteiger partial charge is 0.315 e. The minimum Gasteiger partial charge on any atom is -0.481 e. The number of nitrogens with one attached hydrogen (secondary N) is 2. The Hall–Kier alpha value is -1.26. The molecule has 0 radical (unpaired) electrons. The Balaban J connectivity index is 2.04. The molecule has 0 aliphatic heterocycles. The first-order chi connectivity index (χ1) is 8.49. The van der Waals surface area contributed by atoms with E-state index in [4.69, 9.17) is 5.11 Å². The topological polar surface area (TPSA) is 78.4 Å². The summed E-state index contributed by atoms with van der Waals surface area (Å²) in [5.74, 6) is 0.557. The van der Waals surface area contributed by atoms with Crippen molar-refractivity contribution < 1.29 is 14.7 Å². The number of hydrogen-bond acceptors (Lipinski definition) is 2. The molecule has 2 amide bonds. The molecule has 2 unspecified atom stereocenters. The highest BCUT2D eigenvalue weighted by molar-refractivity contribution is 5.74. The fourth-order valence-corrected chi connectivity index (χ4v) is 1.99. The number of aliphatic carboxylic acids is 1. The van der Waals surface area contributed by atoms with E-state index in [-0.39, 0.29) is 18.5 Å². The van der Waals surface area contributed by atoms with E-state index in [0.29, 0.717) is 18.8 Å². The lowest BCUT2D eigenvalue weighted by Crippen LogP contribution is -2.42. The molecule has 0 aromatic rings. The SMILES string of the molecule is CC(CCCC(=O)O)NC(=O)NCC(C)C1CC1. The normalized spacial score (nSPS) is 17.9. The van der Waals surface area contributed by atoms with Gasteiger partial charge >= 0.3 is 12.0 Å². The van der Waals surface area contributed by atoms with E-state index in [2.05, 4.69) is 17.6 Å². The summed E-state index contributed by atoms with van der Waals surface area (Å²) < 4.78 is 0. The van der Waals surface area contributed by atoms with Crippen LogP contribution >= 0.6 is 0 Å². The Morgan fingerprint density at radius 1 is 1.33 bits per heavy atom. The number of carboxylic acid groups (broad SMARTS) is 1. The van der Waals surface area contributed by atoms with Gasteiger partial charge in [0.1, 0.15) is 0 Å². The molecule has 1 rings (SSSR count). The van der Waals surface area contributed by atoms with Crippen LogP contribution in [0.5, 0.6) is 0 Å². The maximum Gasteiger partial charge on any atom is 0.315 e. The summed E-state index contributed by atoms with van der Waals surface area (Å²) in [5.41, 5.74) is 0. The van der Waals surface area contributed by atoms with Crippen LogP contribution in [0.4, 0.5) is 4.79 Å². The Morgan fingerprint density at radius 2 is 2.00 bits per heavy atom. The average Bonchev–Trinajstić information content (AvgIpc) is 3.09. The fraction of sp³-hybridized carbons (Fsp3) is 0.846. The highest BCUT2D eigenvalue weighted by Gasteiger charge is 2.27. The fourth-order valence-electron chi connectivity index (χ4n) is 1.99. The third-order valence-corrected chi connectivity index (χ3v) is 3.42. The molecule has 1 aliphatic rings. The second kappa shape index (κ2) is 7.24. The largest absolute Gasteiger partial charge is 0.481 e. The Bertz CT molecular complexity index is 290. The highest BCUT2D eigenvalue weighted by atomic mass is 16.4. The van der Waals surface area contributed by atoms with Gasteiger partial charge in [0.25, 0.3) is 0 Å². The number of carbonyl (C=O) groups excluding carboxylic acids is 1. The summed E-state index contributed by atoms with van der Waals surface area (Å²) >= 11 is 0. The van der Waals surface area contributed by atoms with Crippen LogP contribution in [0.15, 0.2) is 0 Å². The van der Waals surface area contributed by atoms with Crippen LogP contribution in [0.3, 0.4) is 0 Å². The molecule has 5 nitrogen and oxygen atoms in total. The van der Waals surface area contributed by atoms with E-state index in [1.54, 1.807) is 0 Å². The summed E-state index contributed by atoms with van der Waals surface area (Å²) in [6.45, 7) is 4.78. The molecule has 0 spiro atoms. The van der Waals surface area contributed by atoms with Crippen molar-refractivity contribution >= 4 is 12.0 Å². The molecule has 5 heteroatoms. The minimum absolute atomic E-state index is 0.0144. The van der Waals surface area contributed by atoms with Crippen molar-refractivity contribution in [2.24, 2.45) is 11.8 Å². The highest BCUT2D eigenvalue weighted by Crippen LogP contribution is 2.35. The second-order valence-corrected chi connectivity index (χ2v) is 5.36. The van der Waals surface area contributed by atoms with E-state index in [0.717, 1.165) is 12.5 Å². The summed E-state index contributed by atoms with van der Waals surface area (Å²) in [6, 6.07) is -0.133. The molecule has 2 atom stereocenters. The van der Waals surface area contributed by atoms with Gasteiger partial charge in [-0.3, -0.25) is 4.79 Å². The van der Waals surface area contributed by atoms with Gasteiger partial charge in [-0.15, -0.1) is 0 Å². The van der Waals surface area contributed by atoms with E-state index >= 15 is 0 Å². The molecule has 0 saturated heterocycles. The van der Waals surface area contributed by atoms with Gasteiger partial charge in [-0.2, -0.15) is 0 Å². The predicted octanol–water partition coefficient (Wildman–Crippen LogP) is 1.98.